The molecule has 0 fully saturated rings. The number of rotatable bonds is 4. The van der Waals surface area contributed by atoms with E-state index in [0.29, 0.717) is 5.56 Å². The van der Waals surface area contributed by atoms with Crippen molar-refractivity contribution in [3.8, 4) is 0 Å². The van der Waals surface area contributed by atoms with Crippen molar-refractivity contribution < 1.29 is 9.53 Å². The molecule has 0 aromatic carbocycles. The molecular formula is C10H13NO3. The Kier molecular flexibility index (Phi) is 3.59. The maximum Gasteiger partial charge on any atom is 0.253 e. The number of carbonyl (C=O) groups excluding carboxylic acids is 1. The van der Waals surface area contributed by atoms with Crippen molar-refractivity contribution in [3.63, 3.8) is 0 Å². The minimum absolute atomic E-state index is 0.0420. The van der Waals surface area contributed by atoms with Gasteiger partial charge in [-0.25, -0.2) is 0 Å². The Labute approximate surface area is 82.1 Å². The van der Waals surface area contributed by atoms with Crippen LogP contribution in [-0.2, 0) is 16.1 Å². The Bertz CT molecular complexity index is 381. The van der Waals surface area contributed by atoms with Crippen LogP contribution in [0.25, 0.3) is 0 Å². The molecule has 1 aromatic heterocycles. The Morgan fingerprint density at radius 1 is 1.57 bits per heavy atom. The van der Waals surface area contributed by atoms with E-state index in [2.05, 4.69) is 4.74 Å². The van der Waals surface area contributed by atoms with Gasteiger partial charge in [-0.3, -0.25) is 9.59 Å². The van der Waals surface area contributed by atoms with Crippen LogP contribution >= 0.6 is 0 Å². The second kappa shape index (κ2) is 4.72. The third-order valence-electron chi connectivity index (χ3n) is 1.86. The van der Waals surface area contributed by atoms with Gasteiger partial charge in [0.25, 0.3) is 5.56 Å². The van der Waals surface area contributed by atoms with Gasteiger partial charge in [0, 0.05) is 18.9 Å². The minimum atomic E-state index is -0.128. The molecule has 0 atom stereocenters. The van der Waals surface area contributed by atoms with Gasteiger partial charge < -0.3 is 9.30 Å². The fraction of sp³-hybridized carbons (Fsp3) is 0.400. The van der Waals surface area contributed by atoms with Gasteiger partial charge in [0.2, 0.25) is 0 Å². The molecule has 0 unspecified atom stereocenters. The number of nitrogens with zero attached hydrogens (tertiary/aromatic N) is 1. The summed E-state index contributed by atoms with van der Waals surface area (Å²) < 4.78 is 6.07. The number of aromatic nitrogens is 1. The van der Waals surface area contributed by atoms with Crippen LogP contribution in [0.5, 0.6) is 0 Å². The second-order valence-electron chi connectivity index (χ2n) is 3.10. The molecule has 1 aromatic rings. The standard InChI is InChI=1S/C10H13NO3/c1-8-4-3-5-11(10(8)13)6-9(12)7-14-2/h3-5H,6-7H2,1-2H3. The largest absolute Gasteiger partial charge is 0.377 e. The number of aryl methyl sites for hydroxylation is 1. The predicted molar refractivity (Wildman–Crippen MR) is 52.3 cm³/mol. The van der Waals surface area contributed by atoms with Crippen molar-refractivity contribution in [1.82, 2.24) is 4.57 Å². The first kappa shape index (κ1) is 10.7. The topological polar surface area (TPSA) is 48.3 Å². The van der Waals surface area contributed by atoms with E-state index in [1.165, 1.54) is 11.7 Å². The molecular weight excluding hydrogens is 182 g/mol. The third-order valence-corrected chi connectivity index (χ3v) is 1.86. The van der Waals surface area contributed by atoms with Crippen LogP contribution in [0.3, 0.4) is 0 Å². The summed E-state index contributed by atoms with van der Waals surface area (Å²) in [4.78, 5) is 22.7. The number of ether oxygens (including phenoxy) is 1. The van der Waals surface area contributed by atoms with E-state index in [-0.39, 0.29) is 24.5 Å². The number of hydrogen-bond acceptors (Lipinski definition) is 3. The number of methoxy groups -OCH3 is 1. The maximum atomic E-state index is 11.5. The van der Waals surface area contributed by atoms with Crippen LogP contribution in [0.2, 0.25) is 0 Å². The second-order valence-corrected chi connectivity index (χ2v) is 3.10. The summed E-state index contributed by atoms with van der Waals surface area (Å²) >= 11 is 0. The molecule has 0 aliphatic rings. The van der Waals surface area contributed by atoms with Gasteiger partial charge in [-0.1, -0.05) is 6.07 Å². The fourth-order valence-corrected chi connectivity index (χ4v) is 1.18. The van der Waals surface area contributed by atoms with Gasteiger partial charge in [0.05, 0.1) is 6.54 Å². The van der Waals surface area contributed by atoms with Gasteiger partial charge in [0.15, 0.2) is 5.78 Å². The van der Waals surface area contributed by atoms with Gasteiger partial charge in [0.1, 0.15) is 6.61 Å². The highest BCUT2D eigenvalue weighted by atomic mass is 16.5. The number of ketones is 1. The Morgan fingerprint density at radius 3 is 2.93 bits per heavy atom. The summed E-state index contributed by atoms with van der Waals surface area (Å²) in [5, 5.41) is 0. The zero-order valence-corrected chi connectivity index (χ0v) is 8.32. The van der Waals surface area contributed by atoms with Gasteiger partial charge in [-0.15, -0.1) is 0 Å². The summed E-state index contributed by atoms with van der Waals surface area (Å²) in [6.45, 7) is 1.84. The first-order valence-electron chi connectivity index (χ1n) is 4.32. The molecule has 0 N–H and O–H groups in total. The van der Waals surface area contributed by atoms with Crippen molar-refractivity contribution in [1.29, 1.82) is 0 Å². The van der Waals surface area contributed by atoms with E-state index < -0.39 is 0 Å². The molecule has 0 amide bonds. The molecule has 4 nitrogen and oxygen atoms in total. The zero-order valence-electron chi connectivity index (χ0n) is 8.32. The SMILES string of the molecule is COCC(=O)Cn1cccc(C)c1=O. The minimum Gasteiger partial charge on any atom is -0.377 e. The van der Waals surface area contributed by atoms with E-state index >= 15 is 0 Å². The molecule has 0 saturated heterocycles. The Morgan fingerprint density at radius 2 is 2.29 bits per heavy atom. The van der Waals surface area contributed by atoms with Gasteiger partial charge in [-0.2, -0.15) is 0 Å². The highest BCUT2D eigenvalue weighted by Gasteiger charge is 2.04. The van der Waals surface area contributed by atoms with E-state index in [9.17, 15) is 9.59 Å². The first-order valence-corrected chi connectivity index (χ1v) is 4.32. The molecule has 1 rings (SSSR count). The molecule has 0 radical (unpaired) electrons. The smallest absolute Gasteiger partial charge is 0.253 e. The fourth-order valence-electron chi connectivity index (χ4n) is 1.18. The van der Waals surface area contributed by atoms with Crippen LogP contribution < -0.4 is 5.56 Å². The molecule has 0 aliphatic heterocycles. The van der Waals surface area contributed by atoms with Crippen molar-refractivity contribution in [3.05, 3.63) is 34.2 Å². The molecule has 0 spiro atoms. The number of carbonyl (C=O) groups is 1. The van der Waals surface area contributed by atoms with Crippen molar-refractivity contribution in [2.24, 2.45) is 0 Å². The average molecular weight is 195 g/mol. The molecule has 0 aliphatic carbocycles. The highest BCUT2D eigenvalue weighted by Crippen LogP contribution is 1.89. The first-order chi connectivity index (χ1) is 6.65. The number of pyridine rings is 1. The normalized spacial score (nSPS) is 10.1. The summed E-state index contributed by atoms with van der Waals surface area (Å²) in [5.74, 6) is -0.111. The molecule has 14 heavy (non-hydrogen) atoms. The van der Waals surface area contributed by atoms with Crippen molar-refractivity contribution in [2.45, 2.75) is 13.5 Å². The van der Waals surface area contributed by atoms with E-state index in [1.54, 1.807) is 25.3 Å². The summed E-state index contributed by atoms with van der Waals surface area (Å²) in [6, 6.07) is 3.47. The molecule has 1 heterocycles. The monoisotopic (exact) mass is 195 g/mol. The third kappa shape index (κ3) is 2.53. The van der Waals surface area contributed by atoms with Crippen LogP contribution in [0, 0.1) is 6.92 Å². The number of Topliss-reactive ketones (excluding diaryl/α,β-unsaturated/α-hetero) is 1. The number of hydrogen-bond donors (Lipinski definition) is 0. The summed E-state index contributed by atoms with van der Waals surface area (Å²) in [5.41, 5.74) is 0.509. The van der Waals surface area contributed by atoms with Crippen LogP contribution in [0.15, 0.2) is 23.1 Å². The van der Waals surface area contributed by atoms with Crippen molar-refractivity contribution >= 4 is 5.78 Å². The van der Waals surface area contributed by atoms with Crippen LogP contribution in [0.1, 0.15) is 5.56 Å². The molecule has 4 heteroatoms. The molecule has 76 valence electrons. The molecule has 0 saturated carbocycles. The lowest BCUT2D eigenvalue weighted by Gasteiger charge is -2.04. The molecule has 0 bridgehead atoms. The van der Waals surface area contributed by atoms with E-state index in [1.807, 2.05) is 0 Å². The lowest BCUT2D eigenvalue weighted by atomic mass is 10.3. The Balaban J connectivity index is 2.82. The van der Waals surface area contributed by atoms with E-state index in [4.69, 9.17) is 0 Å². The van der Waals surface area contributed by atoms with Crippen LogP contribution in [-0.4, -0.2) is 24.1 Å². The quantitative estimate of drug-likeness (QED) is 0.697. The summed E-state index contributed by atoms with van der Waals surface area (Å²) in [7, 11) is 1.46. The zero-order chi connectivity index (χ0) is 10.6. The highest BCUT2D eigenvalue weighted by molar-refractivity contribution is 5.79. The van der Waals surface area contributed by atoms with E-state index in [0.717, 1.165) is 0 Å². The van der Waals surface area contributed by atoms with Gasteiger partial charge in [-0.05, 0) is 13.0 Å². The lowest BCUT2D eigenvalue weighted by Crippen LogP contribution is -2.26. The predicted octanol–water partition coefficient (Wildman–Crippen LogP) is 0.372. The average Bonchev–Trinajstić information content (AvgIpc) is 2.13. The Hall–Kier alpha value is -1.42. The van der Waals surface area contributed by atoms with Crippen LogP contribution in [0.4, 0.5) is 0 Å². The lowest BCUT2D eigenvalue weighted by molar-refractivity contribution is -0.123. The maximum absolute atomic E-state index is 11.5. The van der Waals surface area contributed by atoms with Crippen molar-refractivity contribution in [2.75, 3.05) is 13.7 Å². The van der Waals surface area contributed by atoms with Gasteiger partial charge >= 0.3 is 0 Å². The summed E-state index contributed by atoms with van der Waals surface area (Å²) in [6.07, 6.45) is 1.60.